The molecule has 1 aromatic heterocycles. The molecule has 0 saturated heterocycles. The van der Waals surface area contributed by atoms with E-state index < -0.39 is 0 Å². The van der Waals surface area contributed by atoms with Crippen LogP contribution in [0.15, 0.2) is 12.4 Å². The molecule has 0 spiro atoms. The first-order chi connectivity index (χ1) is 7.79. The van der Waals surface area contributed by atoms with E-state index >= 15 is 0 Å². The van der Waals surface area contributed by atoms with Crippen LogP contribution in [0.5, 0.6) is 0 Å². The molecular weight excluding hydrogens is 204 g/mol. The summed E-state index contributed by atoms with van der Waals surface area (Å²) in [6.45, 7) is 2.55. The highest BCUT2D eigenvalue weighted by Gasteiger charge is 2.28. The van der Waals surface area contributed by atoms with Gasteiger partial charge < -0.3 is 10.5 Å². The Morgan fingerprint density at radius 2 is 2.25 bits per heavy atom. The number of hydrogen-bond donors (Lipinski definition) is 1. The molecule has 88 valence electrons. The van der Waals surface area contributed by atoms with Gasteiger partial charge in [-0.05, 0) is 12.8 Å². The molecule has 0 atom stereocenters. The normalized spacial score (nSPS) is 15.6. The second-order valence-electron chi connectivity index (χ2n) is 4.13. The molecule has 5 nitrogen and oxygen atoms in total. The molecule has 1 heterocycles. The second-order valence-corrected chi connectivity index (χ2v) is 4.13. The Hall–Kier alpha value is -1.20. The number of nitrogens with zero attached hydrogens (tertiary/aromatic N) is 3. The first kappa shape index (κ1) is 11.3. The molecule has 0 aliphatic heterocycles. The van der Waals surface area contributed by atoms with Crippen molar-refractivity contribution in [3.63, 3.8) is 0 Å². The lowest BCUT2D eigenvalue weighted by Crippen LogP contribution is -2.29. The molecule has 2 N–H and O–H groups in total. The number of ether oxygens (including phenoxy) is 1. The Morgan fingerprint density at radius 1 is 1.44 bits per heavy atom. The molecule has 0 bridgehead atoms. The topological polar surface area (TPSA) is 64.3 Å². The highest BCUT2D eigenvalue weighted by atomic mass is 16.5. The van der Waals surface area contributed by atoms with Crippen molar-refractivity contribution in [3.05, 3.63) is 18.1 Å². The van der Waals surface area contributed by atoms with Gasteiger partial charge in [0, 0.05) is 26.2 Å². The lowest BCUT2D eigenvalue weighted by molar-refractivity contribution is 0.138. The third-order valence-corrected chi connectivity index (χ3v) is 2.74. The predicted octanol–water partition coefficient (Wildman–Crippen LogP) is 0.670. The summed E-state index contributed by atoms with van der Waals surface area (Å²) in [4.78, 5) is 10.7. The average Bonchev–Trinajstić information content (AvgIpc) is 3.11. The summed E-state index contributed by atoms with van der Waals surface area (Å²) in [6.07, 6.45) is 5.92. The molecule has 1 saturated carbocycles. The molecule has 16 heavy (non-hydrogen) atoms. The van der Waals surface area contributed by atoms with Gasteiger partial charge in [0.25, 0.3) is 0 Å². The van der Waals surface area contributed by atoms with Crippen molar-refractivity contribution in [1.29, 1.82) is 0 Å². The smallest absolute Gasteiger partial charge is 0.141 e. The molecule has 0 unspecified atom stereocenters. The number of nitrogen functional groups attached to an aromatic ring is 1. The van der Waals surface area contributed by atoms with Crippen LogP contribution in [0.4, 0.5) is 5.82 Å². The number of anilines is 1. The van der Waals surface area contributed by atoms with Crippen LogP contribution in [0.25, 0.3) is 0 Å². The summed E-state index contributed by atoms with van der Waals surface area (Å²) in [7, 11) is 1.73. The van der Waals surface area contributed by atoms with E-state index in [9.17, 15) is 0 Å². The van der Waals surface area contributed by atoms with Gasteiger partial charge in [0.05, 0.1) is 24.7 Å². The summed E-state index contributed by atoms with van der Waals surface area (Å²) in [5.74, 6) is 0.471. The van der Waals surface area contributed by atoms with E-state index in [4.69, 9.17) is 10.5 Å². The summed E-state index contributed by atoms with van der Waals surface area (Å²) >= 11 is 0. The van der Waals surface area contributed by atoms with Gasteiger partial charge in [-0.3, -0.25) is 9.88 Å². The minimum atomic E-state index is 0.471. The van der Waals surface area contributed by atoms with Gasteiger partial charge >= 0.3 is 0 Å². The molecule has 1 fully saturated rings. The number of rotatable bonds is 6. The monoisotopic (exact) mass is 222 g/mol. The molecule has 1 aliphatic rings. The van der Waals surface area contributed by atoms with Crippen LogP contribution < -0.4 is 5.73 Å². The van der Waals surface area contributed by atoms with E-state index in [1.54, 1.807) is 19.5 Å². The fourth-order valence-electron chi connectivity index (χ4n) is 1.69. The van der Waals surface area contributed by atoms with Crippen molar-refractivity contribution in [2.45, 2.75) is 25.4 Å². The Bertz CT molecular complexity index is 323. The molecule has 0 aromatic carbocycles. The number of hydrogen-bond acceptors (Lipinski definition) is 5. The standard InChI is InChI=1S/C11H18N4O/c1-16-5-4-15(10-2-3-10)8-9-6-14-11(12)7-13-9/h6-7,10H,2-5,8H2,1H3,(H2,12,14). The largest absolute Gasteiger partial charge is 0.383 e. The maximum absolute atomic E-state index is 5.50. The highest BCUT2D eigenvalue weighted by Crippen LogP contribution is 2.27. The second kappa shape index (κ2) is 5.23. The third-order valence-electron chi connectivity index (χ3n) is 2.74. The summed E-state index contributed by atoms with van der Waals surface area (Å²) < 4.78 is 5.11. The Balaban J connectivity index is 1.91. The number of aromatic nitrogens is 2. The maximum atomic E-state index is 5.50. The third kappa shape index (κ3) is 3.15. The van der Waals surface area contributed by atoms with Gasteiger partial charge in [-0.15, -0.1) is 0 Å². The molecule has 2 rings (SSSR count). The van der Waals surface area contributed by atoms with Crippen LogP contribution in [0, 0.1) is 0 Å². The molecule has 1 aliphatic carbocycles. The average molecular weight is 222 g/mol. The van der Waals surface area contributed by atoms with E-state index in [0.29, 0.717) is 11.9 Å². The van der Waals surface area contributed by atoms with E-state index in [-0.39, 0.29) is 0 Å². The zero-order valence-corrected chi connectivity index (χ0v) is 9.59. The van der Waals surface area contributed by atoms with Crippen LogP contribution in [0.3, 0.4) is 0 Å². The molecule has 5 heteroatoms. The van der Waals surface area contributed by atoms with Crippen molar-refractivity contribution in [2.24, 2.45) is 0 Å². The molecular formula is C11H18N4O. The maximum Gasteiger partial charge on any atom is 0.141 e. The van der Waals surface area contributed by atoms with Gasteiger partial charge in [0.2, 0.25) is 0 Å². The Kier molecular flexibility index (Phi) is 3.69. The van der Waals surface area contributed by atoms with Crippen molar-refractivity contribution in [2.75, 3.05) is 26.0 Å². The first-order valence-electron chi connectivity index (χ1n) is 5.59. The highest BCUT2D eigenvalue weighted by molar-refractivity contribution is 5.22. The van der Waals surface area contributed by atoms with Crippen molar-refractivity contribution >= 4 is 5.82 Å². The number of nitrogens with two attached hydrogens (primary N) is 1. The van der Waals surface area contributed by atoms with Crippen molar-refractivity contribution in [1.82, 2.24) is 14.9 Å². The fourth-order valence-corrected chi connectivity index (χ4v) is 1.69. The zero-order valence-electron chi connectivity index (χ0n) is 9.59. The van der Waals surface area contributed by atoms with E-state index in [2.05, 4.69) is 14.9 Å². The van der Waals surface area contributed by atoms with E-state index in [1.165, 1.54) is 12.8 Å². The van der Waals surface area contributed by atoms with Gasteiger partial charge in [0.15, 0.2) is 0 Å². The lowest BCUT2D eigenvalue weighted by Gasteiger charge is -2.20. The van der Waals surface area contributed by atoms with Crippen molar-refractivity contribution < 1.29 is 4.74 Å². The summed E-state index contributed by atoms with van der Waals surface area (Å²) in [5.41, 5.74) is 6.47. The number of methoxy groups -OCH3 is 1. The predicted molar refractivity (Wildman–Crippen MR) is 61.8 cm³/mol. The minimum absolute atomic E-state index is 0.471. The Labute approximate surface area is 95.6 Å². The van der Waals surface area contributed by atoms with Gasteiger partial charge in [-0.2, -0.15) is 0 Å². The van der Waals surface area contributed by atoms with E-state index in [1.807, 2.05) is 0 Å². The summed E-state index contributed by atoms with van der Waals surface area (Å²) in [6, 6.07) is 0.703. The van der Waals surface area contributed by atoms with Crippen LogP contribution in [-0.2, 0) is 11.3 Å². The van der Waals surface area contributed by atoms with Gasteiger partial charge in [-0.25, -0.2) is 4.98 Å². The van der Waals surface area contributed by atoms with E-state index in [0.717, 1.165) is 25.4 Å². The zero-order chi connectivity index (χ0) is 11.4. The molecule has 1 aromatic rings. The van der Waals surface area contributed by atoms with Crippen LogP contribution in [-0.4, -0.2) is 41.2 Å². The fraction of sp³-hybridized carbons (Fsp3) is 0.636. The minimum Gasteiger partial charge on any atom is -0.383 e. The van der Waals surface area contributed by atoms with Crippen molar-refractivity contribution in [3.8, 4) is 0 Å². The summed E-state index contributed by atoms with van der Waals surface area (Å²) in [5, 5.41) is 0. The Morgan fingerprint density at radius 3 is 2.81 bits per heavy atom. The van der Waals surface area contributed by atoms with Crippen LogP contribution in [0.1, 0.15) is 18.5 Å². The molecule has 0 radical (unpaired) electrons. The first-order valence-corrected chi connectivity index (χ1v) is 5.59. The van der Waals surface area contributed by atoms with Gasteiger partial charge in [0.1, 0.15) is 5.82 Å². The SMILES string of the molecule is COCCN(Cc1cnc(N)cn1)C1CC1. The van der Waals surface area contributed by atoms with Crippen LogP contribution in [0.2, 0.25) is 0 Å². The van der Waals surface area contributed by atoms with Gasteiger partial charge in [-0.1, -0.05) is 0 Å². The molecule has 0 amide bonds. The lowest BCUT2D eigenvalue weighted by atomic mass is 10.3. The quantitative estimate of drug-likeness (QED) is 0.766. The van der Waals surface area contributed by atoms with Crippen LogP contribution >= 0.6 is 0 Å².